The monoisotopic (exact) mass is 154 g/mol. The van der Waals surface area contributed by atoms with E-state index >= 15 is 0 Å². The van der Waals surface area contributed by atoms with Crippen molar-refractivity contribution in [2.45, 2.75) is 26.4 Å². The van der Waals surface area contributed by atoms with E-state index in [0.717, 1.165) is 5.76 Å². The van der Waals surface area contributed by atoms with Crippen LogP contribution in [-0.2, 0) is 6.42 Å². The maximum atomic E-state index is 9.44. The summed E-state index contributed by atoms with van der Waals surface area (Å²) in [4.78, 5) is 0. The quantitative estimate of drug-likeness (QED) is 0.720. The summed E-state index contributed by atoms with van der Waals surface area (Å²) in [6, 6.07) is 3.72. The van der Waals surface area contributed by atoms with Crippen molar-refractivity contribution >= 4 is 0 Å². The lowest BCUT2D eigenvalue weighted by atomic mass is 10.0. The second kappa shape index (κ2) is 3.58. The first-order chi connectivity index (χ1) is 5.20. The predicted molar refractivity (Wildman–Crippen MR) is 43.3 cm³/mol. The number of hydrogen-bond donors (Lipinski definition) is 1. The molecule has 0 aliphatic heterocycles. The van der Waals surface area contributed by atoms with Crippen LogP contribution in [0, 0.1) is 5.92 Å². The van der Waals surface area contributed by atoms with E-state index in [2.05, 4.69) is 0 Å². The molecule has 0 radical (unpaired) electrons. The summed E-state index contributed by atoms with van der Waals surface area (Å²) < 4.78 is 5.09. The minimum atomic E-state index is -0.291. The summed E-state index contributed by atoms with van der Waals surface area (Å²) in [5, 5.41) is 9.44. The van der Waals surface area contributed by atoms with Gasteiger partial charge in [0.15, 0.2) is 0 Å². The SMILES string of the molecule is CC(C)[C@@H](O)Cc1ccco1. The van der Waals surface area contributed by atoms with Gasteiger partial charge in [0, 0.05) is 6.42 Å². The Balaban J connectivity index is 2.43. The van der Waals surface area contributed by atoms with Gasteiger partial charge in [-0.3, -0.25) is 0 Å². The second-order valence-electron chi connectivity index (χ2n) is 3.09. The molecule has 0 fully saturated rings. The van der Waals surface area contributed by atoms with Crippen LogP contribution < -0.4 is 0 Å². The van der Waals surface area contributed by atoms with E-state index < -0.39 is 0 Å². The second-order valence-corrected chi connectivity index (χ2v) is 3.09. The van der Waals surface area contributed by atoms with E-state index in [9.17, 15) is 5.11 Å². The molecule has 0 unspecified atom stereocenters. The third-order valence-corrected chi connectivity index (χ3v) is 1.76. The highest BCUT2D eigenvalue weighted by atomic mass is 16.3. The Morgan fingerprint density at radius 2 is 2.27 bits per heavy atom. The standard InChI is InChI=1S/C9H14O2/c1-7(2)9(10)6-8-4-3-5-11-8/h3-5,7,9-10H,6H2,1-2H3/t9-/m0/s1. The zero-order valence-electron chi connectivity index (χ0n) is 6.95. The molecule has 0 spiro atoms. The largest absolute Gasteiger partial charge is 0.469 e. The summed E-state index contributed by atoms with van der Waals surface area (Å²) in [5.74, 6) is 1.14. The van der Waals surface area contributed by atoms with Crippen LogP contribution in [0.15, 0.2) is 22.8 Å². The first kappa shape index (κ1) is 8.34. The van der Waals surface area contributed by atoms with E-state index in [1.54, 1.807) is 6.26 Å². The van der Waals surface area contributed by atoms with Crippen LogP contribution in [-0.4, -0.2) is 11.2 Å². The minimum absolute atomic E-state index is 0.291. The zero-order valence-corrected chi connectivity index (χ0v) is 6.95. The smallest absolute Gasteiger partial charge is 0.106 e. The van der Waals surface area contributed by atoms with E-state index in [1.807, 2.05) is 26.0 Å². The van der Waals surface area contributed by atoms with Crippen LogP contribution in [0.1, 0.15) is 19.6 Å². The highest BCUT2D eigenvalue weighted by Crippen LogP contribution is 2.09. The van der Waals surface area contributed by atoms with Gasteiger partial charge in [0.05, 0.1) is 12.4 Å². The first-order valence-corrected chi connectivity index (χ1v) is 3.90. The Bertz CT molecular complexity index is 189. The summed E-state index contributed by atoms with van der Waals surface area (Å²) >= 11 is 0. The molecule has 1 atom stereocenters. The van der Waals surface area contributed by atoms with Gasteiger partial charge in [-0.15, -0.1) is 0 Å². The van der Waals surface area contributed by atoms with Crippen LogP contribution in [0.2, 0.25) is 0 Å². The van der Waals surface area contributed by atoms with Gasteiger partial charge in [0.2, 0.25) is 0 Å². The average Bonchev–Trinajstić information content (AvgIpc) is 2.39. The fraction of sp³-hybridized carbons (Fsp3) is 0.556. The van der Waals surface area contributed by atoms with Gasteiger partial charge in [-0.25, -0.2) is 0 Å². The topological polar surface area (TPSA) is 33.4 Å². The van der Waals surface area contributed by atoms with Crippen molar-refractivity contribution in [3.8, 4) is 0 Å². The van der Waals surface area contributed by atoms with E-state index in [1.165, 1.54) is 0 Å². The van der Waals surface area contributed by atoms with Crippen LogP contribution >= 0.6 is 0 Å². The molecule has 1 aromatic rings. The van der Waals surface area contributed by atoms with Gasteiger partial charge in [-0.1, -0.05) is 13.8 Å². The summed E-state index contributed by atoms with van der Waals surface area (Å²) in [7, 11) is 0. The Morgan fingerprint density at radius 3 is 2.73 bits per heavy atom. The summed E-state index contributed by atoms with van der Waals surface area (Å²) in [5.41, 5.74) is 0. The lowest BCUT2D eigenvalue weighted by Gasteiger charge is -2.11. The molecule has 0 aliphatic carbocycles. The molecule has 1 rings (SSSR count). The van der Waals surface area contributed by atoms with Gasteiger partial charge >= 0.3 is 0 Å². The fourth-order valence-corrected chi connectivity index (χ4v) is 0.871. The molecule has 2 heteroatoms. The van der Waals surface area contributed by atoms with Crippen molar-refractivity contribution in [2.75, 3.05) is 0 Å². The molecule has 2 nitrogen and oxygen atoms in total. The number of hydrogen-bond acceptors (Lipinski definition) is 2. The Labute approximate surface area is 66.8 Å². The Morgan fingerprint density at radius 1 is 1.55 bits per heavy atom. The maximum absolute atomic E-state index is 9.44. The number of rotatable bonds is 3. The maximum Gasteiger partial charge on any atom is 0.106 e. The summed E-state index contributed by atoms with van der Waals surface area (Å²) in [6.45, 7) is 3.99. The van der Waals surface area contributed by atoms with Crippen molar-refractivity contribution in [2.24, 2.45) is 5.92 Å². The molecule has 0 amide bonds. The van der Waals surface area contributed by atoms with Gasteiger partial charge in [0.25, 0.3) is 0 Å². The lowest BCUT2D eigenvalue weighted by Crippen LogP contribution is -2.17. The van der Waals surface area contributed by atoms with Crippen molar-refractivity contribution in [3.05, 3.63) is 24.2 Å². The number of aliphatic hydroxyl groups is 1. The van der Waals surface area contributed by atoms with Crippen molar-refractivity contribution in [1.29, 1.82) is 0 Å². The average molecular weight is 154 g/mol. The van der Waals surface area contributed by atoms with Gasteiger partial charge in [0.1, 0.15) is 5.76 Å². The Hall–Kier alpha value is -0.760. The molecule has 62 valence electrons. The molecule has 0 bridgehead atoms. The zero-order chi connectivity index (χ0) is 8.27. The molecule has 0 aliphatic rings. The molecule has 0 saturated heterocycles. The van der Waals surface area contributed by atoms with E-state index in [-0.39, 0.29) is 6.10 Å². The fourth-order valence-electron chi connectivity index (χ4n) is 0.871. The van der Waals surface area contributed by atoms with Crippen LogP contribution in [0.3, 0.4) is 0 Å². The summed E-state index contributed by atoms with van der Waals surface area (Å²) in [6.07, 6.45) is 1.95. The third kappa shape index (κ3) is 2.39. The van der Waals surface area contributed by atoms with Crippen LogP contribution in [0.25, 0.3) is 0 Å². The van der Waals surface area contributed by atoms with Crippen molar-refractivity contribution < 1.29 is 9.52 Å². The molecule has 11 heavy (non-hydrogen) atoms. The van der Waals surface area contributed by atoms with Crippen LogP contribution in [0.4, 0.5) is 0 Å². The van der Waals surface area contributed by atoms with E-state index in [4.69, 9.17) is 4.42 Å². The highest BCUT2D eigenvalue weighted by Gasteiger charge is 2.10. The highest BCUT2D eigenvalue weighted by molar-refractivity contribution is 4.99. The molecule has 1 N–H and O–H groups in total. The molecular weight excluding hydrogens is 140 g/mol. The predicted octanol–water partition coefficient (Wildman–Crippen LogP) is 1.84. The molecular formula is C9H14O2. The third-order valence-electron chi connectivity index (χ3n) is 1.76. The molecule has 0 saturated carbocycles. The Kier molecular flexibility index (Phi) is 2.71. The van der Waals surface area contributed by atoms with Crippen LogP contribution in [0.5, 0.6) is 0 Å². The molecule has 0 aromatic carbocycles. The van der Waals surface area contributed by atoms with Crippen molar-refractivity contribution in [3.63, 3.8) is 0 Å². The molecule has 1 heterocycles. The minimum Gasteiger partial charge on any atom is -0.469 e. The molecule has 1 aromatic heterocycles. The number of aliphatic hydroxyl groups excluding tert-OH is 1. The normalized spacial score (nSPS) is 13.8. The van der Waals surface area contributed by atoms with Crippen molar-refractivity contribution in [1.82, 2.24) is 0 Å². The van der Waals surface area contributed by atoms with Gasteiger partial charge < -0.3 is 9.52 Å². The van der Waals surface area contributed by atoms with Gasteiger partial charge in [-0.05, 0) is 18.1 Å². The van der Waals surface area contributed by atoms with Gasteiger partial charge in [-0.2, -0.15) is 0 Å². The van der Waals surface area contributed by atoms with E-state index in [0.29, 0.717) is 12.3 Å². The number of furan rings is 1. The lowest BCUT2D eigenvalue weighted by molar-refractivity contribution is 0.119. The first-order valence-electron chi connectivity index (χ1n) is 3.90.